The van der Waals surface area contributed by atoms with Gasteiger partial charge in [-0.1, -0.05) is 31.9 Å². The second kappa shape index (κ2) is 5.46. The zero-order valence-electron chi connectivity index (χ0n) is 12.8. The van der Waals surface area contributed by atoms with Gasteiger partial charge in [-0.15, -0.1) is 0 Å². The van der Waals surface area contributed by atoms with Gasteiger partial charge in [0, 0.05) is 0 Å². The van der Waals surface area contributed by atoms with Crippen molar-refractivity contribution in [1.29, 1.82) is 0 Å². The molecule has 1 saturated carbocycles. The fourth-order valence-electron chi connectivity index (χ4n) is 2.54. The fourth-order valence-corrected chi connectivity index (χ4v) is 2.54. The Labute approximate surface area is 112 Å². The Kier molecular flexibility index (Phi) is 4.63. The van der Waals surface area contributed by atoms with Crippen LogP contribution >= 0.6 is 0 Å². The van der Waals surface area contributed by atoms with Crippen molar-refractivity contribution in [2.24, 2.45) is 11.3 Å². The highest BCUT2D eigenvalue weighted by molar-refractivity contribution is 5.79. The Balaban J connectivity index is 2.89. The zero-order chi connectivity index (χ0) is 14.0. The van der Waals surface area contributed by atoms with Gasteiger partial charge in [0.25, 0.3) is 0 Å². The van der Waals surface area contributed by atoms with Gasteiger partial charge in [0.15, 0.2) is 0 Å². The van der Waals surface area contributed by atoms with Gasteiger partial charge in [-0.25, -0.2) is 0 Å². The number of ether oxygens (including phenoxy) is 1. The van der Waals surface area contributed by atoms with Crippen molar-refractivity contribution >= 4 is 5.97 Å². The Morgan fingerprint density at radius 3 is 2.33 bits per heavy atom. The summed E-state index contributed by atoms with van der Waals surface area (Å²) in [5, 5.41) is 0. The van der Waals surface area contributed by atoms with E-state index in [0.717, 1.165) is 19.3 Å². The maximum Gasteiger partial charge on any atom is 0.316 e. The Morgan fingerprint density at radius 1 is 1.44 bits per heavy atom. The van der Waals surface area contributed by atoms with Gasteiger partial charge in [-0.3, -0.25) is 4.79 Å². The summed E-state index contributed by atoms with van der Waals surface area (Å²) in [7, 11) is 0. The molecule has 0 heterocycles. The molecule has 1 aliphatic rings. The first kappa shape index (κ1) is 15.3. The molecule has 1 aliphatic carbocycles. The first-order valence-electron chi connectivity index (χ1n) is 7.13. The van der Waals surface area contributed by atoms with Crippen LogP contribution in [0.5, 0.6) is 0 Å². The van der Waals surface area contributed by atoms with Crippen molar-refractivity contribution < 1.29 is 9.53 Å². The zero-order valence-corrected chi connectivity index (χ0v) is 12.8. The highest BCUT2D eigenvalue weighted by atomic mass is 16.6. The third-order valence-corrected chi connectivity index (χ3v) is 4.41. The van der Waals surface area contributed by atoms with E-state index in [2.05, 4.69) is 19.9 Å². The van der Waals surface area contributed by atoms with Crippen LogP contribution in [0, 0.1) is 11.3 Å². The first-order chi connectivity index (χ1) is 8.23. The highest BCUT2D eigenvalue weighted by Crippen LogP contribution is 2.40. The van der Waals surface area contributed by atoms with Crippen LogP contribution in [0.25, 0.3) is 0 Å². The van der Waals surface area contributed by atoms with E-state index in [1.165, 1.54) is 12.0 Å². The fraction of sp³-hybridized carbons (Fsp3) is 0.812. The van der Waals surface area contributed by atoms with Crippen molar-refractivity contribution in [2.45, 2.75) is 72.8 Å². The van der Waals surface area contributed by atoms with Gasteiger partial charge in [0.1, 0.15) is 5.60 Å². The molecular formula is C16H28O2. The molecule has 0 aromatic carbocycles. The molecule has 0 aliphatic heterocycles. The molecule has 2 atom stereocenters. The molecular weight excluding hydrogens is 224 g/mol. The van der Waals surface area contributed by atoms with Crippen LogP contribution in [-0.4, -0.2) is 11.6 Å². The SMILES string of the molecule is CCC(C)C(C)(C=C(C)C)C(=O)OC1(C)CCC1. The van der Waals surface area contributed by atoms with Crippen LogP contribution in [0.15, 0.2) is 11.6 Å². The maximum absolute atomic E-state index is 12.5. The largest absolute Gasteiger partial charge is 0.459 e. The summed E-state index contributed by atoms with van der Waals surface area (Å²) in [6.07, 6.45) is 6.23. The summed E-state index contributed by atoms with van der Waals surface area (Å²) in [5.41, 5.74) is 0.474. The number of hydrogen-bond donors (Lipinski definition) is 0. The van der Waals surface area contributed by atoms with Gasteiger partial charge in [-0.2, -0.15) is 0 Å². The average Bonchev–Trinajstić information content (AvgIpc) is 2.24. The van der Waals surface area contributed by atoms with E-state index >= 15 is 0 Å². The van der Waals surface area contributed by atoms with Crippen LogP contribution in [0.2, 0.25) is 0 Å². The third kappa shape index (κ3) is 3.15. The molecule has 0 aromatic rings. The molecule has 1 rings (SSSR count). The Bertz CT molecular complexity index is 335. The predicted octanol–water partition coefficient (Wildman–Crippen LogP) is 4.49. The van der Waals surface area contributed by atoms with Crippen molar-refractivity contribution in [1.82, 2.24) is 0 Å². The second-order valence-corrected chi connectivity index (χ2v) is 6.51. The van der Waals surface area contributed by atoms with Crippen molar-refractivity contribution in [3.63, 3.8) is 0 Å². The normalized spacial score (nSPS) is 22.3. The summed E-state index contributed by atoms with van der Waals surface area (Å²) in [6, 6.07) is 0. The predicted molar refractivity (Wildman–Crippen MR) is 75.3 cm³/mol. The van der Waals surface area contributed by atoms with Crippen molar-refractivity contribution in [2.75, 3.05) is 0 Å². The lowest BCUT2D eigenvalue weighted by atomic mass is 9.74. The number of rotatable bonds is 5. The molecule has 0 saturated heterocycles. The lowest BCUT2D eigenvalue weighted by molar-refractivity contribution is -0.178. The molecule has 0 aromatic heterocycles. The molecule has 2 nitrogen and oxygen atoms in total. The molecule has 2 heteroatoms. The van der Waals surface area contributed by atoms with E-state index in [1.807, 2.05) is 27.7 Å². The van der Waals surface area contributed by atoms with Gasteiger partial charge < -0.3 is 4.74 Å². The molecule has 0 radical (unpaired) electrons. The number of carbonyl (C=O) groups is 1. The molecule has 18 heavy (non-hydrogen) atoms. The van der Waals surface area contributed by atoms with Crippen LogP contribution < -0.4 is 0 Å². The molecule has 0 bridgehead atoms. The van der Waals surface area contributed by atoms with Gasteiger partial charge >= 0.3 is 5.97 Å². The number of esters is 1. The van der Waals surface area contributed by atoms with Crippen LogP contribution in [0.1, 0.15) is 67.2 Å². The highest BCUT2D eigenvalue weighted by Gasteiger charge is 2.43. The molecule has 104 valence electrons. The molecule has 0 spiro atoms. The number of carbonyl (C=O) groups excluding carboxylic acids is 1. The first-order valence-corrected chi connectivity index (χ1v) is 7.13. The average molecular weight is 252 g/mol. The maximum atomic E-state index is 12.5. The van der Waals surface area contributed by atoms with Crippen LogP contribution in [0.3, 0.4) is 0 Å². The van der Waals surface area contributed by atoms with Gasteiger partial charge in [0.2, 0.25) is 0 Å². The number of hydrogen-bond acceptors (Lipinski definition) is 2. The summed E-state index contributed by atoms with van der Waals surface area (Å²) in [5.74, 6) is 0.240. The molecule has 0 amide bonds. The minimum atomic E-state index is -0.494. The van der Waals surface area contributed by atoms with Crippen molar-refractivity contribution in [3.05, 3.63) is 11.6 Å². The van der Waals surface area contributed by atoms with E-state index in [-0.39, 0.29) is 11.6 Å². The van der Waals surface area contributed by atoms with E-state index in [1.54, 1.807) is 0 Å². The molecule has 2 unspecified atom stereocenters. The van der Waals surface area contributed by atoms with Crippen LogP contribution in [-0.2, 0) is 9.53 Å². The summed E-state index contributed by atoms with van der Waals surface area (Å²) < 4.78 is 5.78. The topological polar surface area (TPSA) is 26.3 Å². The lowest BCUT2D eigenvalue weighted by Gasteiger charge is -2.41. The van der Waals surface area contributed by atoms with E-state index < -0.39 is 5.41 Å². The van der Waals surface area contributed by atoms with Crippen LogP contribution in [0.4, 0.5) is 0 Å². The van der Waals surface area contributed by atoms with E-state index in [0.29, 0.717) is 5.92 Å². The Hall–Kier alpha value is -0.790. The van der Waals surface area contributed by atoms with Gasteiger partial charge in [-0.05, 0) is 52.9 Å². The van der Waals surface area contributed by atoms with Gasteiger partial charge in [0.05, 0.1) is 5.41 Å². The minimum absolute atomic E-state index is 0.0553. The minimum Gasteiger partial charge on any atom is -0.459 e. The van der Waals surface area contributed by atoms with E-state index in [4.69, 9.17) is 4.74 Å². The summed E-state index contributed by atoms with van der Waals surface area (Å²) in [6.45, 7) is 12.4. The van der Waals surface area contributed by atoms with E-state index in [9.17, 15) is 4.79 Å². The smallest absolute Gasteiger partial charge is 0.316 e. The second-order valence-electron chi connectivity index (χ2n) is 6.51. The quantitative estimate of drug-likeness (QED) is 0.532. The summed E-state index contributed by atoms with van der Waals surface area (Å²) >= 11 is 0. The standard InChI is InChI=1S/C16H28O2/c1-7-13(4)16(6,11-12(2)3)14(17)18-15(5)9-8-10-15/h11,13H,7-10H2,1-6H3. The lowest BCUT2D eigenvalue weighted by Crippen LogP contribution is -2.44. The monoisotopic (exact) mass is 252 g/mol. The molecule has 0 N–H and O–H groups in total. The summed E-state index contributed by atoms with van der Waals surface area (Å²) in [4.78, 5) is 12.5. The molecule has 1 fully saturated rings. The number of allylic oxidation sites excluding steroid dienone is 1. The Morgan fingerprint density at radius 2 is 2.00 bits per heavy atom. The third-order valence-electron chi connectivity index (χ3n) is 4.41. The van der Waals surface area contributed by atoms with Crippen molar-refractivity contribution in [3.8, 4) is 0 Å².